The highest BCUT2D eigenvalue weighted by Gasteiger charge is 2.36. The van der Waals surface area contributed by atoms with Crippen LogP contribution >= 0.6 is 0 Å². The average Bonchev–Trinajstić information content (AvgIpc) is 2.60. The van der Waals surface area contributed by atoms with Gasteiger partial charge in [0.05, 0.1) is 12.1 Å². The van der Waals surface area contributed by atoms with Crippen LogP contribution in [-0.2, 0) is 16.0 Å². The van der Waals surface area contributed by atoms with Crippen molar-refractivity contribution in [2.24, 2.45) is 0 Å². The van der Waals surface area contributed by atoms with Crippen LogP contribution in [0, 0.1) is 0 Å². The summed E-state index contributed by atoms with van der Waals surface area (Å²) in [7, 11) is 0. The Kier molecular flexibility index (Phi) is 5.15. The Bertz CT molecular complexity index is 632. The van der Waals surface area contributed by atoms with Crippen LogP contribution in [0.4, 0.5) is 10.5 Å². The third kappa shape index (κ3) is 3.76. The van der Waals surface area contributed by atoms with Crippen molar-refractivity contribution in [3.8, 4) is 0 Å². The minimum Gasteiger partial charge on any atom is -0.366 e. The number of hydrogen-bond donors (Lipinski definition) is 2. The number of amides is 3. The first kappa shape index (κ1) is 16.5. The number of rotatable bonds is 4. The van der Waals surface area contributed by atoms with Crippen molar-refractivity contribution >= 4 is 17.6 Å². The van der Waals surface area contributed by atoms with Crippen LogP contribution in [0.25, 0.3) is 0 Å². The number of nitrogens with zero attached hydrogens (tertiary/aromatic N) is 1. The maximum Gasteiger partial charge on any atom is 0.321 e. The quantitative estimate of drug-likeness (QED) is 0.829. The van der Waals surface area contributed by atoms with E-state index in [9.17, 15) is 9.59 Å². The van der Waals surface area contributed by atoms with E-state index in [0.717, 1.165) is 30.5 Å². The largest absolute Gasteiger partial charge is 0.366 e. The number of carbonyl (C=O) groups excluding carboxylic acids is 2. The molecule has 0 saturated carbocycles. The molecule has 2 N–H and O–H groups in total. The second kappa shape index (κ2) is 7.49. The first-order valence-corrected chi connectivity index (χ1v) is 8.33. The molecule has 0 radical (unpaired) electrons. The monoisotopic (exact) mass is 329 g/mol. The molecule has 2 saturated heterocycles. The summed E-state index contributed by atoms with van der Waals surface area (Å²) in [5.74, 6) is -0.117. The third-order valence-corrected chi connectivity index (χ3v) is 4.49. The Morgan fingerprint density at radius 3 is 3.12 bits per heavy atom. The summed E-state index contributed by atoms with van der Waals surface area (Å²) < 4.78 is 5.52. The zero-order valence-electron chi connectivity index (χ0n) is 13.7. The molecule has 2 aliphatic heterocycles. The highest BCUT2D eigenvalue weighted by Crippen LogP contribution is 2.21. The van der Waals surface area contributed by atoms with Gasteiger partial charge in [0.1, 0.15) is 6.61 Å². The molecule has 0 spiro atoms. The van der Waals surface area contributed by atoms with Crippen molar-refractivity contribution < 1.29 is 14.3 Å². The summed E-state index contributed by atoms with van der Waals surface area (Å²) in [5.41, 5.74) is 1.92. The maximum absolute atomic E-state index is 12.6. The van der Waals surface area contributed by atoms with Crippen molar-refractivity contribution in [2.45, 2.75) is 31.4 Å². The number of allylic oxidation sites excluding steroid dienone is 1. The number of morpholine rings is 1. The first-order valence-electron chi connectivity index (χ1n) is 8.33. The van der Waals surface area contributed by atoms with Crippen LogP contribution in [-0.4, -0.2) is 48.7 Å². The molecule has 2 atom stereocenters. The first-order chi connectivity index (χ1) is 11.7. The van der Waals surface area contributed by atoms with Crippen molar-refractivity contribution in [1.82, 2.24) is 10.2 Å². The molecular formula is C18H23N3O3. The van der Waals surface area contributed by atoms with E-state index in [1.54, 1.807) is 4.90 Å². The highest BCUT2D eigenvalue weighted by molar-refractivity contribution is 5.90. The average molecular weight is 329 g/mol. The number of ether oxygens (including phenoxy) is 1. The van der Waals surface area contributed by atoms with Gasteiger partial charge in [-0.15, -0.1) is 6.58 Å². The van der Waals surface area contributed by atoms with Gasteiger partial charge in [-0.05, 0) is 30.9 Å². The lowest BCUT2D eigenvalue weighted by Gasteiger charge is -2.41. The smallest absolute Gasteiger partial charge is 0.321 e. The van der Waals surface area contributed by atoms with E-state index < -0.39 is 0 Å². The van der Waals surface area contributed by atoms with Crippen molar-refractivity contribution in [3.63, 3.8) is 0 Å². The molecule has 0 aliphatic carbocycles. The van der Waals surface area contributed by atoms with Gasteiger partial charge in [0, 0.05) is 18.8 Å². The number of likely N-dealkylation sites (tertiary alicyclic amines) is 1. The van der Waals surface area contributed by atoms with E-state index in [1.807, 2.05) is 30.3 Å². The highest BCUT2D eigenvalue weighted by atomic mass is 16.5. The molecule has 2 fully saturated rings. The number of para-hydroxylation sites is 1. The topological polar surface area (TPSA) is 70.7 Å². The molecule has 2 aliphatic rings. The summed E-state index contributed by atoms with van der Waals surface area (Å²) in [6, 6.07) is 7.54. The van der Waals surface area contributed by atoms with Crippen molar-refractivity contribution in [2.75, 3.05) is 25.0 Å². The lowest BCUT2D eigenvalue weighted by atomic mass is 10.0. The molecule has 0 aromatic heterocycles. The Hall–Kier alpha value is -2.34. The van der Waals surface area contributed by atoms with Gasteiger partial charge in [-0.1, -0.05) is 24.3 Å². The third-order valence-electron chi connectivity index (χ3n) is 4.49. The van der Waals surface area contributed by atoms with Gasteiger partial charge in [-0.25, -0.2) is 4.79 Å². The van der Waals surface area contributed by atoms with Crippen LogP contribution in [0.1, 0.15) is 18.4 Å². The number of urea groups is 1. The number of carbonyl (C=O) groups is 2. The van der Waals surface area contributed by atoms with Crippen LogP contribution in [0.15, 0.2) is 36.9 Å². The van der Waals surface area contributed by atoms with Crippen molar-refractivity contribution in [1.29, 1.82) is 0 Å². The second-order valence-corrected chi connectivity index (χ2v) is 6.17. The number of anilines is 1. The van der Waals surface area contributed by atoms with Gasteiger partial charge >= 0.3 is 6.03 Å². The summed E-state index contributed by atoms with van der Waals surface area (Å²) in [6.45, 7) is 4.95. The minimum absolute atomic E-state index is 0.00614. The summed E-state index contributed by atoms with van der Waals surface area (Å²) in [6.07, 6.45) is 4.32. The number of nitrogens with one attached hydrogen (secondary N) is 2. The van der Waals surface area contributed by atoms with E-state index in [0.29, 0.717) is 13.1 Å². The zero-order chi connectivity index (χ0) is 16.9. The molecular weight excluding hydrogens is 306 g/mol. The Morgan fingerprint density at radius 1 is 1.46 bits per heavy atom. The molecule has 6 nitrogen and oxygen atoms in total. The number of piperidine rings is 1. The van der Waals surface area contributed by atoms with Crippen LogP contribution in [0.3, 0.4) is 0 Å². The van der Waals surface area contributed by atoms with E-state index in [4.69, 9.17) is 4.74 Å². The van der Waals surface area contributed by atoms with Gasteiger partial charge in [0.15, 0.2) is 0 Å². The van der Waals surface area contributed by atoms with Gasteiger partial charge in [-0.3, -0.25) is 4.79 Å². The SMILES string of the molecule is C=CCCc1ccccc1NC(=O)N1CC[C@H]2OCC(=O)N[C@@H]2C1. The lowest BCUT2D eigenvalue weighted by Crippen LogP contribution is -2.61. The minimum atomic E-state index is -0.140. The molecule has 24 heavy (non-hydrogen) atoms. The molecule has 6 heteroatoms. The van der Waals surface area contributed by atoms with Crippen molar-refractivity contribution in [3.05, 3.63) is 42.5 Å². The number of aryl methyl sites for hydroxylation is 1. The van der Waals surface area contributed by atoms with E-state index in [-0.39, 0.29) is 30.7 Å². The molecule has 3 amide bonds. The van der Waals surface area contributed by atoms with Crippen LogP contribution in [0.2, 0.25) is 0 Å². The van der Waals surface area contributed by atoms with Gasteiger partial charge in [0.25, 0.3) is 0 Å². The van der Waals surface area contributed by atoms with E-state index in [2.05, 4.69) is 17.2 Å². The molecule has 1 aromatic rings. The molecule has 128 valence electrons. The maximum atomic E-state index is 12.6. The summed E-state index contributed by atoms with van der Waals surface area (Å²) >= 11 is 0. The fourth-order valence-corrected chi connectivity index (χ4v) is 3.20. The van der Waals surface area contributed by atoms with Gasteiger partial charge in [0.2, 0.25) is 5.91 Å². The fourth-order valence-electron chi connectivity index (χ4n) is 3.20. The van der Waals surface area contributed by atoms with Gasteiger partial charge < -0.3 is 20.3 Å². The Morgan fingerprint density at radius 2 is 2.29 bits per heavy atom. The van der Waals surface area contributed by atoms with E-state index >= 15 is 0 Å². The fraction of sp³-hybridized carbons (Fsp3) is 0.444. The lowest BCUT2D eigenvalue weighted by molar-refractivity contribution is -0.139. The molecule has 3 rings (SSSR count). The summed E-state index contributed by atoms with van der Waals surface area (Å²) in [4.78, 5) is 25.8. The Labute approximate surface area is 141 Å². The standard InChI is InChI=1S/C18H23N3O3/c1-2-3-6-13-7-4-5-8-14(13)20-18(23)21-10-9-16-15(11-21)19-17(22)12-24-16/h2,4-5,7-8,15-16H,1,3,6,9-12H2,(H,19,22)(H,20,23)/t15-,16-/m1/s1. The zero-order valence-corrected chi connectivity index (χ0v) is 13.7. The predicted octanol–water partition coefficient (Wildman–Crippen LogP) is 1.93. The summed E-state index contributed by atoms with van der Waals surface area (Å²) in [5, 5.41) is 5.90. The molecule has 2 heterocycles. The number of benzene rings is 1. The Balaban J connectivity index is 1.63. The van der Waals surface area contributed by atoms with Crippen LogP contribution in [0.5, 0.6) is 0 Å². The normalized spacial score (nSPS) is 23.2. The number of hydrogen-bond acceptors (Lipinski definition) is 3. The molecule has 0 unspecified atom stereocenters. The predicted molar refractivity (Wildman–Crippen MR) is 91.8 cm³/mol. The second-order valence-electron chi connectivity index (χ2n) is 6.17. The molecule has 1 aromatic carbocycles. The van der Waals surface area contributed by atoms with Gasteiger partial charge in [-0.2, -0.15) is 0 Å². The number of fused-ring (bicyclic) bond motifs is 1. The molecule has 0 bridgehead atoms. The van der Waals surface area contributed by atoms with Crippen LogP contribution < -0.4 is 10.6 Å². The van der Waals surface area contributed by atoms with E-state index in [1.165, 1.54) is 0 Å².